The number of halogens is 1. The Hall–Kier alpha value is -2.37. The molecule has 6 heteroatoms. The Labute approximate surface area is 90.5 Å². The Balaban J connectivity index is 2.25. The number of nitrogen functional groups attached to an aromatic ring is 1. The fourth-order valence-electron chi connectivity index (χ4n) is 1.23. The molecule has 4 N–H and O–H groups in total. The number of aromatic amines is 1. The molecule has 1 aromatic heterocycles. The van der Waals surface area contributed by atoms with Crippen LogP contribution in [0, 0.1) is 5.82 Å². The van der Waals surface area contributed by atoms with Gasteiger partial charge in [-0.1, -0.05) is 6.07 Å². The highest BCUT2D eigenvalue weighted by molar-refractivity contribution is 6.05. The number of rotatable bonds is 2. The van der Waals surface area contributed by atoms with E-state index in [4.69, 9.17) is 5.73 Å². The predicted molar refractivity (Wildman–Crippen MR) is 57.4 cm³/mol. The number of nitrogens with one attached hydrogen (secondary N) is 2. The first-order valence-corrected chi connectivity index (χ1v) is 4.52. The second kappa shape index (κ2) is 4.01. The highest BCUT2D eigenvalue weighted by atomic mass is 19.1. The van der Waals surface area contributed by atoms with E-state index in [1.165, 1.54) is 30.6 Å². The Bertz CT molecular complexity index is 489. The number of para-hydroxylation sites is 1. The summed E-state index contributed by atoms with van der Waals surface area (Å²) in [5, 5.41) is 8.49. The molecule has 1 heterocycles. The van der Waals surface area contributed by atoms with Gasteiger partial charge in [0.15, 0.2) is 0 Å². The Kier molecular flexibility index (Phi) is 2.55. The number of carbonyl (C=O) groups is 1. The number of hydrogen-bond donors (Lipinski definition) is 3. The first-order chi connectivity index (χ1) is 7.68. The van der Waals surface area contributed by atoms with Crippen molar-refractivity contribution in [2.75, 3.05) is 11.1 Å². The van der Waals surface area contributed by atoms with Gasteiger partial charge < -0.3 is 11.1 Å². The van der Waals surface area contributed by atoms with Gasteiger partial charge in [-0.05, 0) is 12.1 Å². The molecule has 0 saturated heterocycles. The number of amides is 1. The molecule has 0 radical (unpaired) electrons. The number of aromatic nitrogens is 2. The van der Waals surface area contributed by atoms with Crippen LogP contribution in [-0.4, -0.2) is 16.1 Å². The average molecular weight is 220 g/mol. The molecule has 0 aliphatic carbocycles. The van der Waals surface area contributed by atoms with Crippen LogP contribution >= 0.6 is 0 Å². The molecule has 0 aliphatic heterocycles. The zero-order chi connectivity index (χ0) is 11.5. The molecule has 2 rings (SSSR count). The zero-order valence-corrected chi connectivity index (χ0v) is 8.20. The first kappa shape index (κ1) is 10.2. The molecular weight excluding hydrogens is 211 g/mol. The van der Waals surface area contributed by atoms with Crippen LogP contribution in [0.5, 0.6) is 0 Å². The molecule has 16 heavy (non-hydrogen) atoms. The normalized spacial score (nSPS) is 10.1. The number of anilines is 2. The van der Waals surface area contributed by atoms with Crippen molar-refractivity contribution in [3.63, 3.8) is 0 Å². The van der Waals surface area contributed by atoms with Crippen LogP contribution in [-0.2, 0) is 0 Å². The number of hydrogen-bond acceptors (Lipinski definition) is 3. The van der Waals surface area contributed by atoms with Gasteiger partial charge in [0, 0.05) is 6.20 Å². The third-order valence-corrected chi connectivity index (χ3v) is 2.04. The third kappa shape index (κ3) is 1.85. The van der Waals surface area contributed by atoms with Crippen molar-refractivity contribution in [2.24, 2.45) is 0 Å². The van der Waals surface area contributed by atoms with Crippen LogP contribution in [0.15, 0.2) is 30.6 Å². The van der Waals surface area contributed by atoms with Gasteiger partial charge in [0.2, 0.25) is 0 Å². The third-order valence-electron chi connectivity index (χ3n) is 2.04. The smallest absolute Gasteiger partial charge is 0.258 e. The maximum absolute atomic E-state index is 13.3. The van der Waals surface area contributed by atoms with Gasteiger partial charge in [-0.2, -0.15) is 5.10 Å². The topological polar surface area (TPSA) is 83.8 Å². The summed E-state index contributed by atoms with van der Waals surface area (Å²) in [4.78, 5) is 11.6. The lowest BCUT2D eigenvalue weighted by atomic mass is 10.2. The van der Waals surface area contributed by atoms with Crippen LogP contribution in [0.2, 0.25) is 0 Å². The molecule has 1 aromatic carbocycles. The maximum Gasteiger partial charge on any atom is 0.258 e. The fourth-order valence-corrected chi connectivity index (χ4v) is 1.23. The lowest BCUT2D eigenvalue weighted by molar-refractivity contribution is 0.102. The van der Waals surface area contributed by atoms with Gasteiger partial charge >= 0.3 is 0 Å². The molecule has 0 fully saturated rings. The van der Waals surface area contributed by atoms with Gasteiger partial charge in [0.25, 0.3) is 5.91 Å². The minimum Gasteiger partial charge on any atom is -0.397 e. The van der Waals surface area contributed by atoms with E-state index in [1.54, 1.807) is 0 Å². The SMILES string of the molecule is Nc1cccc(F)c1NC(=O)c1cn[nH]c1. The number of H-pyrrole nitrogens is 1. The molecule has 2 aromatic rings. The van der Waals surface area contributed by atoms with Crippen molar-refractivity contribution >= 4 is 17.3 Å². The van der Waals surface area contributed by atoms with E-state index in [2.05, 4.69) is 15.5 Å². The summed E-state index contributed by atoms with van der Waals surface area (Å²) in [5.74, 6) is -1.04. The van der Waals surface area contributed by atoms with Gasteiger partial charge in [-0.25, -0.2) is 4.39 Å². The number of nitrogens with zero attached hydrogens (tertiary/aromatic N) is 1. The lowest BCUT2D eigenvalue weighted by Gasteiger charge is -2.07. The lowest BCUT2D eigenvalue weighted by Crippen LogP contribution is -2.13. The second-order valence-electron chi connectivity index (χ2n) is 3.15. The Morgan fingerprint density at radius 1 is 1.50 bits per heavy atom. The molecule has 0 aliphatic rings. The van der Waals surface area contributed by atoms with Gasteiger partial charge in [-0.15, -0.1) is 0 Å². The Morgan fingerprint density at radius 3 is 2.94 bits per heavy atom. The molecule has 0 saturated carbocycles. The minimum absolute atomic E-state index is 0.0197. The van der Waals surface area contributed by atoms with Crippen molar-refractivity contribution in [3.05, 3.63) is 42.0 Å². The van der Waals surface area contributed by atoms with Crippen LogP contribution in [0.1, 0.15) is 10.4 Å². The first-order valence-electron chi connectivity index (χ1n) is 4.52. The second-order valence-corrected chi connectivity index (χ2v) is 3.15. The average Bonchev–Trinajstić information content (AvgIpc) is 2.76. The van der Waals surface area contributed by atoms with Crippen LogP contribution < -0.4 is 11.1 Å². The summed E-state index contributed by atoms with van der Waals surface area (Å²) in [6, 6.07) is 4.20. The van der Waals surface area contributed by atoms with Crippen molar-refractivity contribution < 1.29 is 9.18 Å². The number of nitrogens with two attached hydrogens (primary N) is 1. The maximum atomic E-state index is 13.3. The van der Waals surface area contributed by atoms with E-state index in [-0.39, 0.29) is 11.4 Å². The molecule has 82 valence electrons. The molecule has 5 nitrogen and oxygen atoms in total. The molecule has 0 bridgehead atoms. The molecule has 0 atom stereocenters. The highest BCUT2D eigenvalue weighted by Gasteiger charge is 2.12. The van der Waals surface area contributed by atoms with Gasteiger partial charge in [0.1, 0.15) is 11.5 Å². The summed E-state index contributed by atoms with van der Waals surface area (Å²) in [6.07, 6.45) is 2.75. The van der Waals surface area contributed by atoms with Crippen LogP contribution in [0.4, 0.5) is 15.8 Å². The predicted octanol–water partition coefficient (Wildman–Crippen LogP) is 1.38. The number of carbonyl (C=O) groups excluding carboxylic acids is 1. The summed E-state index contributed by atoms with van der Waals surface area (Å²) in [7, 11) is 0. The van der Waals surface area contributed by atoms with Crippen molar-refractivity contribution in [1.82, 2.24) is 10.2 Å². The monoisotopic (exact) mass is 220 g/mol. The summed E-state index contributed by atoms with van der Waals surface area (Å²) < 4.78 is 13.3. The van der Waals surface area contributed by atoms with E-state index in [1.807, 2.05) is 0 Å². The largest absolute Gasteiger partial charge is 0.397 e. The molecule has 0 spiro atoms. The van der Waals surface area contributed by atoms with Crippen LogP contribution in [0.3, 0.4) is 0 Å². The zero-order valence-electron chi connectivity index (χ0n) is 8.20. The summed E-state index contributed by atoms with van der Waals surface area (Å²) in [5.41, 5.74) is 6.01. The van der Waals surface area contributed by atoms with E-state index in [9.17, 15) is 9.18 Å². The fraction of sp³-hybridized carbons (Fsp3) is 0. The number of benzene rings is 1. The van der Waals surface area contributed by atoms with E-state index in [0.29, 0.717) is 5.56 Å². The van der Waals surface area contributed by atoms with Gasteiger partial charge in [0.05, 0.1) is 17.4 Å². The van der Waals surface area contributed by atoms with Crippen molar-refractivity contribution in [2.45, 2.75) is 0 Å². The van der Waals surface area contributed by atoms with Crippen molar-refractivity contribution in [1.29, 1.82) is 0 Å². The molecule has 1 amide bonds. The summed E-state index contributed by atoms with van der Waals surface area (Å²) in [6.45, 7) is 0. The molecular formula is C10H9FN4O. The standard InChI is InChI=1S/C10H9FN4O/c11-7-2-1-3-8(12)9(7)15-10(16)6-4-13-14-5-6/h1-5H,12H2,(H,13,14)(H,15,16). The highest BCUT2D eigenvalue weighted by Crippen LogP contribution is 2.22. The van der Waals surface area contributed by atoms with Gasteiger partial charge in [-0.3, -0.25) is 9.89 Å². The summed E-state index contributed by atoms with van der Waals surface area (Å²) >= 11 is 0. The minimum atomic E-state index is -0.572. The van der Waals surface area contributed by atoms with E-state index >= 15 is 0 Å². The van der Waals surface area contributed by atoms with E-state index in [0.717, 1.165) is 0 Å². The van der Waals surface area contributed by atoms with E-state index < -0.39 is 11.7 Å². The molecule has 0 unspecified atom stereocenters. The van der Waals surface area contributed by atoms with Crippen molar-refractivity contribution in [3.8, 4) is 0 Å². The Morgan fingerprint density at radius 2 is 2.31 bits per heavy atom. The quantitative estimate of drug-likeness (QED) is 0.668. The van der Waals surface area contributed by atoms with Crippen LogP contribution in [0.25, 0.3) is 0 Å².